The summed E-state index contributed by atoms with van der Waals surface area (Å²) in [6.07, 6.45) is 2.87. The van der Waals surface area contributed by atoms with Gasteiger partial charge in [0.1, 0.15) is 0 Å². The van der Waals surface area contributed by atoms with Crippen LogP contribution in [0.5, 0.6) is 0 Å². The third-order valence-electron chi connectivity index (χ3n) is 1.72. The van der Waals surface area contributed by atoms with Crippen molar-refractivity contribution in [3.63, 3.8) is 0 Å². The molecule has 1 heterocycles. The van der Waals surface area contributed by atoms with Crippen LogP contribution in [0.1, 0.15) is 6.42 Å². The predicted octanol–water partition coefficient (Wildman–Crippen LogP) is 0.885. The Kier molecular flexibility index (Phi) is 2.32. The molecule has 0 spiro atoms. The number of hydrogen-bond acceptors (Lipinski definition) is 0. The van der Waals surface area contributed by atoms with Crippen molar-refractivity contribution in [2.24, 2.45) is 0 Å². The highest BCUT2D eigenvalue weighted by Gasteiger charge is 1.90. The molecule has 0 fully saturated rings. The van der Waals surface area contributed by atoms with Gasteiger partial charge in [-0.1, -0.05) is 19.2 Å². The van der Waals surface area contributed by atoms with E-state index in [4.69, 9.17) is 0 Å². The fourth-order valence-electron chi connectivity index (χ4n) is 1.06. The van der Waals surface area contributed by atoms with E-state index in [9.17, 15) is 0 Å². The summed E-state index contributed by atoms with van der Waals surface area (Å²) in [5.41, 5.74) is 0. The van der Waals surface area contributed by atoms with Gasteiger partial charge in [-0.05, 0) is 18.6 Å². The van der Waals surface area contributed by atoms with E-state index in [1.165, 1.54) is 0 Å². The molecule has 58 valence electrons. The molecule has 0 atom stereocenters. The lowest BCUT2D eigenvalue weighted by molar-refractivity contribution is 0.681. The highest BCUT2D eigenvalue weighted by Crippen LogP contribution is 1.82. The number of nitrogens with zero attached hydrogens (tertiary/aromatic N) is 1. The van der Waals surface area contributed by atoms with Gasteiger partial charge in [-0.25, -0.2) is 0 Å². The second kappa shape index (κ2) is 3.24. The SMILES string of the molecule is C=CCCn1c(=C)ccc1=C. The maximum absolute atomic E-state index is 3.88. The highest BCUT2D eigenvalue weighted by molar-refractivity contribution is 5.08. The third-order valence-corrected chi connectivity index (χ3v) is 1.72. The average Bonchev–Trinajstić information content (AvgIpc) is 2.29. The first-order chi connectivity index (χ1) is 5.25. The first-order valence-corrected chi connectivity index (χ1v) is 3.70. The quantitative estimate of drug-likeness (QED) is 0.559. The topological polar surface area (TPSA) is 4.93 Å². The van der Waals surface area contributed by atoms with Gasteiger partial charge in [0, 0.05) is 17.2 Å². The Bertz CT molecular complexity index is 305. The minimum Gasteiger partial charge on any atom is -0.342 e. The van der Waals surface area contributed by atoms with Crippen molar-refractivity contribution in [2.45, 2.75) is 13.0 Å². The second-order valence-corrected chi connectivity index (χ2v) is 2.54. The fourth-order valence-corrected chi connectivity index (χ4v) is 1.06. The van der Waals surface area contributed by atoms with Gasteiger partial charge in [0.15, 0.2) is 0 Å². The molecule has 11 heavy (non-hydrogen) atoms. The van der Waals surface area contributed by atoms with Gasteiger partial charge in [0.05, 0.1) is 0 Å². The fraction of sp³-hybridized carbons (Fsp3) is 0.200. The molecule has 0 radical (unpaired) electrons. The molecule has 0 saturated heterocycles. The Morgan fingerprint density at radius 2 is 1.82 bits per heavy atom. The van der Waals surface area contributed by atoms with E-state index < -0.39 is 0 Å². The molecule has 0 aliphatic rings. The number of allylic oxidation sites excluding steroid dienone is 1. The van der Waals surface area contributed by atoms with Gasteiger partial charge in [-0.3, -0.25) is 0 Å². The van der Waals surface area contributed by atoms with E-state index in [-0.39, 0.29) is 0 Å². The van der Waals surface area contributed by atoms with Crippen molar-refractivity contribution in [1.29, 1.82) is 0 Å². The zero-order chi connectivity index (χ0) is 8.27. The molecule has 1 aromatic rings. The summed E-state index contributed by atoms with van der Waals surface area (Å²) in [5, 5.41) is 2.05. The van der Waals surface area contributed by atoms with Crippen LogP contribution >= 0.6 is 0 Å². The summed E-state index contributed by atoms with van der Waals surface area (Å²) in [7, 11) is 0. The minimum absolute atomic E-state index is 0.939. The summed E-state index contributed by atoms with van der Waals surface area (Å²) < 4.78 is 2.08. The van der Waals surface area contributed by atoms with Gasteiger partial charge in [0.25, 0.3) is 0 Å². The molecule has 0 unspecified atom stereocenters. The largest absolute Gasteiger partial charge is 0.342 e. The summed E-state index contributed by atoms with van der Waals surface area (Å²) >= 11 is 0. The smallest absolute Gasteiger partial charge is 0.0338 e. The van der Waals surface area contributed by atoms with Crippen LogP contribution in [0, 0.1) is 0 Å². The van der Waals surface area contributed by atoms with Gasteiger partial charge >= 0.3 is 0 Å². The zero-order valence-corrected chi connectivity index (χ0v) is 6.71. The van der Waals surface area contributed by atoms with E-state index >= 15 is 0 Å². The van der Waals surface area contributed by atoms with Gasteiger partial charge in [-0.15, -0.1) is 6.58 Å². The first kappa shape index (κ1) is 7.86. The number of hydrogen-bond donors (Lipinski definition) is 0. The summed E-state index contributed by atoms with van der Waals surface area (Å²) in [6, 6.07) is 3.96. The Hall–Kier alpha value is -1.24. The van der Waals surface area contributed by atoms with Crippen LogP contribution in [0.15, 0.2) is 24.8 Å². The molecule has 0 saturated carbocycles. The summed E-state index contributed by atoms with van der Waals surface area (Å²) in [4.78, 5) is 0. The van der Waals surface area contributed by atoms with Crippen molar-refractivity contribution >= 4 is 13.2 Å². The van der Waals surface area contributed by atoms with E-state index in [0.29, 0.717) is 0 Å². The van der Waals surface area contributed by atoms with Crippen molar-refractivity contribution < 1.29 is 0 Å². The average molecular weight is 147 g/mol. The first-order valence-electron chi connectivity index (χ1n) is 3.70. The van der Waals surface area contributed by atoms with E-state index in [2.05, 4.69) is 24.3 Å². The van der Waals surface area contributed by atoms with Crippen molar-refractivity contribution in [1.82, 2.24) is 4.57 Å². The Morgan fingerprint density at radius 1 is 1.27 bits per heavy atom. The van der Waals surface area contributed by atoms with Crippen molar-refractivity contribution in [3.05, 3.63) is 35.5 Å². The lowest BCUT2D eigenvalue weighted by atomic mass is 10.4. The molecular formula is C10H13N. The summed E-state index contributed by atoms with van der Waals surface area (Å²) in [6.45, 7) is 12.4. The normalized spacial score (nSPS) is 9.82. The zero-order valence-electron chi connectivity index (χ0n) is 6.71. The standard InChI is InChI=1S/C10H13N/c1-4-5-8-11-9(2)6-7-10(11)3/h4,6-7H,1-3,5,8H2. The maximum Gasteiger partial charge on any atom is 0.0338 e. The Labute approximate surface area is 67.0 Å². The van der Waals surface area contributed by atoms with Crippen molar-refractivity contribution in [2.75, 3.05) is 0 Å². The number of aromatic nitrogens is 1. The summed E-state index contributed by atoms with van der Waals surface area (Å²) in [5.74, 6) is 0. The van der Waals surface area contributed by atoms with Gasteiger partial charge in [0.2, 0.25) is 0 Å². The van der Waals surface area contributed by atoms with Crippen LogP contribution in [0.25, 0.3) is 13.2 Å². The van der Waals surface area contributed by atoms with Gasteiger partial charge in [-0.2, -0.15) is 0 Å². The van der Waals surface area contributed by atoms with Crippen LogP contribution in [-0.4, -0.2) is 4.57 Å². The van der Waals surface area contributed by atoms with Crippen LogP contribution < -0.4 is 10.7 Å². The molecule has 0 amide bonds. The molecule has 0 bridgehead atoms. The Morgan fingerprint density at radius 3 is 2.27 bits per heavy atom. The molecule has 1 nitrogen and oxygen atoms in total. The molecular weight excluding hydrogens is 134 g/mol. The van der Waals surface area contributed by atoms with Gasteiger partial charge < -0.3 is 4.57 Å². The lowest BCUT2D eigenvalue weighted by Crippen LogP contribution is -2.24. The van der Waals surface area contributed by atoms with Crippen molar-refractivity contribution in [3.8, 4) is 0 Å². The molecule has 1 heteroatoms. The molecule has 0 aliphatic heterocycles. The molecule has 0 aromatic carbocycles. The van der Waals surface area contributed by atoms with Crippen LogP contribution in [0.3, 0.4) is 0 Å². The maximum atomic E-state index is 3.88. The molecule has 1 aromatic heterocycles. The van der Waals surface area contributed by atoms with E-state index in [1.807, 2.05) is 18.2 Å². The van der Waals surface area contributed by atoms with Crippen LogP contribution in [-0.2, 0) is 6.54 Å². The minimum atomic E-state index is 0.939. The predicted molar refractivity (Wildman–Crippen MR) is 49.5 cm³/mol. The molecule has 0 aliphatic carbocycles. The lowest BCUT2D eigenvalue weighted by Gasteiger charge is -1.99. The third kappa shape index (κ3) is 1.61. The van der Waals surface area contributed by atoms with E-state index in [1.54, 1.807) is 0 Å². The highest BCUT2D eigenvalue weighted by atomic mass is 14.9. The van der Waals surface area contributed by atoms with Crippen LogP contribution in [0.4, 0.5) is 0 Å². The van der Waals surface area contributed by atoms with E-state index in [0.717, 1.165) is 23.7 Å². The Balaban J connectivity index is 2.92. The molecule has 1 rings (SSSR count). The second-order valence-electron chi connectivity index (χ2n) is 2.54. The number of rotatable bonds is 3. The van der Waals surface area contributed by atoms with Crippen LogP contribution in [0.2, 0.25) is 0 Å². The molecule has 0 N–H and O–H groups in total. The monoisotopic (exact) mass is 147 g/mol.